The van der Waals surface area contributed by atoms with Gasteiger partial charge in [-0.25, -0.2) is 8.42 Å². The van der Waals surface area contributed by atoms with Gasteiger partial charge in [0.15, 0.2) is 0 Å². The van der Waals surface area contributed by atoms with Gasteiger partial charge in [-0.1, -0.05) is 32.9 Å². The number of hydrogen-bond donors (Lipinski definition) is 0. The molecule has 1 aromatic rings. The first-order valence-electron chi connectivity index (χ1n) is 6.85. The molecule has 1 heterocycles. The predicted octanol–water partition coefficient (Wildman–Crippen LogP) is 3.16. The monoisotopic (exact) mass is 281 g/mol. The Balaban J connectivity index is 2.32. The van der Waals surface area contributed by atoms with Crippen LogP contribution in [0.2, 0.25) is 0 Å². The fourth-order valence-electron chi connectivity index (χ4n) is 2.53. The van der Waals surface area contributed by atoms with Crippen molar-refractivity contribution >= 4 is 10.0 Å². The van der Waals surface area contributed by atoms with Crippen LogP contribution in [-0.4, -0.2) is 25.3 Å². The minimum atomic E-state index is -3.32. The van der Waals surface area contributed by atoms with Crippen LogP contribution in [0.25, 0.3) is 0 Å². The van der Waals surface area contributed by atoms with Crippen molar-refractivity contribution in [3.05, 3.63) is 29.8 Å². The summed E-state index contributed by atoms with van der Waals surface area (Å²) in [7, 11) is -3.32. The molecule has 0 bridgehead atoms. The molecule has 2 rings (SSSR count). The second-order valence-corrected chi connectivity index (χ2v) is 8.27. The maximum atomic E-state index is 12.5. The highest BCUT2D eigenvalue weighted by atomic mass is 32.2. The number of sulfonamides is 1. The van der Waals surface area contributed by atoms with E-state index in [1.165, 1.54) is 0 Å². The Morgan fingerprint density at radius 2 is 1.74 bits per heavy atom. The molecule has 1 atom stereocenters. The Kier molecular flexibility index (Phi) is 3.76. The molecule has 0 aliphatic carbocycles. The summed E-state index contributed by atoms with van der Waals surface area (Å²) in [5.74, 6) is 0. The van der Waals surface area contributed by atoms with Gasteiger partial charge in [0.2, 0.25) is 10.0 Å². The van der Waals surface area contributed by atoms with E-state index in [9.17, 15) is 8.42 Å². The zero-order chi connectivity index (χ0) is 14.3. The molecule has 106 valence electrons. The smallest absolute Gasteiger partial charge is 0.207 e. The van der Waals surface area contributed by atoms with Crippen molar-refractivity contribution < 1.29 is 8.42 Å². The third-order valence-electron chi connectivity index (χ3n) is 3.82. The first-order chi connectivity index (χ1) is 8.73. The van der Waals surface area contributed by atoms with E-state index >= 15 is 0 Å². The molecule has 1 saturated heterocycles. The van der Waals surface area contributed by atoms with Crippen molar-refractivity contribution in [2.45, 2.75) is 56.9 Å². The summed E-state index contributed by atoms with van der Waals surface area (Å²) in [5, 5.41) is 0. The van der Waals surface area contributed by atoms with Crippen LogP contribution in [0.1, 0.15) is 46.1 Å². The summed E-state index contributed by atoms with van der Waals surface area (Å²) in [6.45, 7) is 9.00. The zero-order valence-electron chi connectivity index (χ0n) is 12.2. The molecule has 0 radical (unpaired) electrons. The van der Waals surface area contributed by atoms with Gasteiger partial charge in [0, 0.05) is 12.6 Å². The third kappa shape index (κ3) is 2.84. The summed E-state index contributed by atoms with van der Waals surface area (Å²) in [4.78, 5) is 0.411. The number of rotatable bonds is 2. The molecule has 4 heteroatoms. The fraction of sp³-hybridized carbons (Fsp3) is 0.600. The standard InChI is InChI=1S/C15H23NO2S/c1-12-6-5-11-16(12)19(17,18)14-9-7-13(8-10-14)15(2,3)4/h7-10,12H,5-6,11H2,1-4H3. The van der Waals surface area contributed by atoms with E-state index in [2.05, 4.69) is 20.8 Å². The van der Waals surface area contributed by atoms with E-state index in [1.807, 2.05) is 19.1 Å². The van der Waals surface area contributed by atoms with Gasteiger partial charge in [0.25, 0.3) is 0 Å². The average Bonchev–Trinajstić information content (AvgIpc) is 2.75. The summed E-state index contributed by atoms with van der Waals surface area (Å²) < 4.78 is 26.7. The Morgan fingerprint density at radius 3 is 2.16 bits per heavy atom. The summed E-state index contributed by atoms with van der Waals surface area (Å²) in [6.07, 6.45) is 1.92. The van der Waals surface area contributed by atoms with E-state index in [-0.39, 0.29) is 11.5 Å². The lowest BCUT2D eigenvalue weighted by Crippen LogP contribution is -2.33. The minimum Gasteiger partial charge on any atom is -0.207 e. The molecule has 1 aromatic carbocycles. The summed E-state index contributed by atoms with van der Waals surface area (Å²) in [5.41, 5.74) is 1.20. The van der Waals surface area contributed by atoms with Crippen LogP contribution >= 0.6 is 0 Å². The van der Waals surface area contributed by atoms with E-state index < -0.39 is 10.0 Å². The second kappa shape index (κ2) is 4.91. The second-order valence-electron chi connectivity index (χ2n) is 6.38. The van der Waals surface area contributed by atoms with Crippen LogP contribution in [0.4, 0.5) is 0 Å². The first kappa shape index (κ1) is 14.5. The van der Waals surface area contributed by atoms with Gasteiger partial charge >= 0.3 is 0 Å². The van der Waals surface area contributed by atoms with Gasteiger partial charge in [0.05, 0.1) is 4.90 Å². The number of benzene rings is 1. The molecule has 1 unspecified atom stereocenters. The fourth-order valence-corrected chi connectivity index (χ4v) is 4.23. The van der Waals surface area contributed by atoms with Gasteiger partial charge in [0.1, 0.15) is 0 Å². The quantitative estimate of drug-likeness (QED) is 0.835. The first-order valence-corrected chi connectivity index (χ1v) is 8.29. The molecule has 1 aliphatic heterocycles. The van der Waals surface area contributed by atoms with E-state index in [1.54, 1.807) is 16.4 Å². The molecule has 0 N–H and O–H groups in total. The Labute approximate surface area is 116 Å². The average molecular weight is 281 g/mol. The van der Waals surface area contributed by atoms with Gasteiger partial charge in [-0.05, 0) is 42.9 Å². The predicted molar refractivity (Wildman–Crippen MR) is 77.7 cm³/mol. The van der Waals surface area contributed by atoms with E-state index in [4.69, 9.17) is 0 Å². The summed E-state index contributed by atoms with van der Waals surface area (Å²) >= 11 is 0. The lowest BCUT2D eigenvalue weighted by molar-refractivity contribution is 0.408. The lowest BCUT2D eigenvalue weighted by Gasteiger charge is -2.22. The molecule has 0 amide bonds. The van der Waals surface area contributed by atoms with Crippen molar-refractivity contribution in [1.82, 2.24) is 4.31 Å². The molecule has 1 fully saturated rings. The van der Waals surface area contributed by atoms with Gasteiger partial charge in [-0.15, -0.1) is 0 Å². The van der Waals surface area contributed by atoms with E-state index in [0.29, 0.717) is 11.4 Å². The molecule has 0 saturated carbocycles. The summed E-state index contributed by atoms with van der Waals surface area (Å²) in [6, 6.07) is 7.44. The van der Waals surface area contributed by atoms with Crippen LogP contribution in [0.15, 0.2) is 29.2 Å². The molecule has 0 spiro atoms. The highest BCUT2D eigenvalue weighted by Crippen LogP contribution is 2.28. The van der Waals surface area contributed by atoms with Crippen LogP contribution in [0, 0.1) is 0 Å². The van der Waals surface area contributed by atoms with Crippen LogP contribution < -0.4 is 0 Å². The van der Waals surface area contributed by atoms with Crippen LogP contribution in [0.3, 0.4) is 0 Å². The largest absolute Gasteiger partial charge is 0.243 e. The zero-order valence-corrected chi connectivity index (χ0v) is 13.0. The SMILES string of the molecule is CC1CCCN1S(=O)(=O)c1ccc(C(C)(C)C)cc1. The molecule has 3 nitrogen and oxygen atoms in total. The van der Waals surface area contributed by atoms with Crippen molar-refractivity contribution in [1.29, 1.82) is 0 Å². The Bertz CT molecular complexity index is 541. The van der Waals surface area contributed by atoms with Crippen molar-refractivity contribution in [2.24, 2.45) is 0 Å². The molecule has 0 aromatic heterocycles. The number of hydrogen-bond acceptors (Lipinski definition) is 2. The van der Waals surface area contributed by atoms with Crippen LogP contribution in [0.5, 0.6) is 0 Å². The highest BCUT2D eigenvalue weighted by molar-refractivity contribution is 7.89. The van der Waals surface area contributed by atoms with Crippen LogP contribution in [-0.2, 0) is 15.4 Å². The van der Waals surface area contributed by atoms with Crippen molar-refractivity contribution in [3.63, 3.8) is 0 Å². The molecule has 19 heavy (non-hydrogen) atoms. The lowest BCUT2D eigenvalue weighted by atomic mass is 9.87. The Hall–Kier alpha value is -0.870. The topological polar surface area (TPSA) is 37.4 Å². The third-order valence-corrected chi connectivity index (χ3v) is 5.85. The van der Waals surface area contributed by atoms with Gasteiger partial charge in [-0.3, -0.25) is 0 Å². The molecular weight excluding hydrogens is 258 g/mol. The Morgan fingerprint density at radius 1 is 1.16 bits per heavy atom. The highest BCUT2D eigenvalue weighted by Gasteiger charge is 2.32. The van der Waals surface area contributed by atoms with E-state index in [0.717, 1.165) is 18.4 Å². The van der Waals surface area contributed by atoms with Gasteiger partial charge < -0.3 is 0 Å². The van der Waals surface area contributed by atoms with Crippen molar-refractivity contribution in [3.8, 4) is 0 Å². The van der Waals surface area contributed by atoms with Crippen molar-refractivity contribution in [2.75, 3.05) is 6.54 Å². The number of nitrogens with zero attached hydrogens (tertiary/aromatic N) is 1. The molecule has 1 aliphatic rings. The molecular formula is C15H23NO2S. The maximum absolute atomic E-state index is 12.5. The minimum absolute atomic E-state index is 0.0449. The normalized spacial score (nSPS) is 21.8. The maximum Gasteiger partial charge on any atom is 0.243 e. The van der Waals surface area contributed by atoms with Gasteiger partial charge in [-0.2, -0.15) is 4.31 Å².